The van der Waals surface area contributed by atoms with Crippen molar-refractivity contribution in [1.82, 2.24) is 0 Å². The van der Waals surface area contributed by atoms with Crippen molar-refractivity contribution in [2.75, 3.05) is 13.2 Å². The van der Waals surface area contributed by atoms with E-state index in [1.807, 2.05) is 0 Å². The topological polar surface area (TPSA) is 78.9 Å². The maximum Gasteiger partial charge on any atom is 0.306 e. The maximum atomic E-state index is 12.8. The predicted octanol–water partition coefficient (Wildman–Crippen LogP) is 18.7. The number of esters is 3. The Morgan fingerprint density at radius 3 is 1.03 bits per heavy atom. The first kappa shape index (κ1) is 62.4. The molecule has 1 unspecified atom stereocenters. The molecule has 0 rings (SSSR count). The fourth-order valence-corrected chi connectivity index (χ4v) is 8.11. The summed E-state index contributed by atoms with van der Waals surface area (Å²) in [5.74, 6) is -0.911. The molecule has 0 fully saturated rings. The van der Waals surface area contributed by atoms with Gasteiger partial charge < -0.3 is 14.2 Å². The van der Waals surface area contributed by atoms with Gasteiger partial charge in [-0.15, -0.1) is 0 Å². The van der Waals surface area contributed by atoms with Crippen LogP contribution in [0.3, 0.4) is 0 Å². The third kappa shape index (κ3) is 52.2. The Kier molecular flexibility index (Phi) is 51.8. The summed E-state index contributed by atoms with van der Waals surface area (Å²) in [6, 6.07) is 0. The molecule has 0 aromatic carbocycles. The lowest BCUT2D eigenvalue weighted by Crippen LogP contribution is -2.30. The van der Waals surface area contributed by atoms with E-state index in [0.29, 0.717) is 19.3 Å². The average Bonchev–Trinajstić information content (AvgIpc) is 3.30. The quantitative estimate of drug-likeness (QED) is 0.0262. The zero-order valence-corrected chi connectivity index (χ0v) is 43.3. The highest BCUT2D eigenvalue weighted by Crippen LogP contribution is 2.16. The van der Waals surface area contributed by atoms with Gasteiger partial charge in [-0.05, 0) is 70.6 Å². The second-order valence-corrected chi connectivity index (χ2v) is 18.8. The molecule has 0 aromatic heterocycles. The van der Waals surface area contributed by atoms with E-state index in [1.165, 1.54) is 173 Å². The van der Waals surface area contributed by atoms with Crippen LogP contribution in [-0.4, -0.2) is 37.2 Å². The summed E-state index contributed by atoms with van der Waals surface area (Å²) in [7, 11) is 0. The van der Waals surface area contributed by atoms with E-state index in [2.05, 4.69) is 69.4 Å². The predicted molar refractivity (Wildman–Crippen MR) is 279 cm³/mol. The number of rotatable bonds is 51. The number of hydrogen-bond acceptors (Lipinski definition) is 6. The van der Waals surface area contributed by atoms with Gasteiger partial charge in [-0.2, -0.15) is 0 Å². The summed E-state index contributed by atoms with van der Waals surface area (Å²) in [5.41, 5.74) is 0. The summed E-state index contributed by atoms with van der Waals surface area (Å²) in [6.07, 6.45) is 65.5. The van der Waals surface area contributed by atoms with Crippen LogP contribution in [0.5, 0.6) is 0 Å². The monoisotopic (exact) mass is 911 g/mol. The third-order valence-electron chi connectivity index (χ3n) is 12.3. The van der Waals surface area contributed by atoms with Crippen LogP contribution in [0.2, 0.25) is 0 Å². The lowest BCUT2D eigenvalue weighted by Gasteiger charge is -2.18. The molecule has 0 radical (unpaired) electrons. The Hall–Kier alpha value is -2.63. The molecule has 0 aliphatic rings. The molecular formula is C59H106O6. The molecule has 0 N–H and O–H groups in total. The normalized spacial score (nSPS) is 12.4. The molecule has 0 aliphatic heterocycles. The van der Waals surface area contributed by atoms with Crippen LogP contribution in [0.15, 0.2) is 48.6 Å². The van der Waals surface area contributed by atoms with Crippen molar-refractivity contribution in [2.24, 2.45) is 0 Å². The molecule has 0 bridgehead atoms. The summed E-state index contributed by atoms with van der Waals surface area (Å²) >= 11 is 0. The van der Waals surface area contributed by atoms with Gasteiger partial charge in [-0.3, -0.25) is 14.4 Å². The molecule has 378 valence electrons. The fraction of sp³-hybridized carbons (Fsp3) is 0.814. The summed E-state index contributed by atoms with van der Waals surface area (Å²) < 4.78 is 16.8. The summed E-state index contributed by atoms with van der Waals surface area (Å²) in [6.45, 7) is 6.50. The number of carbonyl (C=O) groups is 3. The standard InChI is InChI=1S/C59H106O6/c1-4-7-10-13-16-19-21-23-25-27-29-31-33-35-37-40-43-46-49-52-58(61)64-55-56(54-63-57(60)51-48-45-42-39-18-15-12-9-6-3)65-59(62)53-50-47-44-41-38-36-34-32-30-28-26-24-22-20-17-14-11-8-5-2/h7,10,16,19,23,25,39,42,56H,4-6,8-9,11-15,17-18,20-22,24,26-38,40-41,43-55H2,1-3H3/b10-7-,19-16-,25-23-,42-39-. The van der Waals surface area contributed by atoms with Crippen molar-refractivity contribution >= 4 is 17.9 Å². The molecule has 0 amide bonds. The zero-order chi connectivity index (χ0) is 47.2. The number of ether oxygens (including phenoxy) is 3. The molecule has 0 saturated carbocycles. The SMILES string of the molecule is CC/C=C\C/C=C\C/C=C\CCCCCCCCCCCC(=O)OCC(COC(=O)CCC/C=C\CCCCCC)OC(=O)CCCCCCCCCCCCCCCCCCCCC. The Morgan fingerprint density at radius 1 is 0.323 bits per heavy atom. The van der Waals surface area contributed by atoms with E-state index in [0.717, 1.165) is 77.0 Å². The molecule has 0 saturated heterocycles. The minimum atomic E-state index is -0.783. The zero-order valence-electron chi connectivity index (χ0n) is 43.3. The van der Waals surface area contributed by atoms with Crippen molar-refractivity contribution in [3.05, 3.63) is 48.6 Å². The van der Waals surface area contributed by atoms with E-state index in [4.69, 9.17) is 14.2 Å². The van der Waals surface area contributed by atoms with Gasteiger partial charge in [0.05, 0.1) is 0 Å². The second-order valence-electron chi connectivity index (χ2n) is 18.8. The average molecular weight is 911 g/mol. The van der Waals surface area contributed by atoms with E-state index in [1.54, 1.807) is 0 Å². The first-order valence-electron chi connectivity index (χ1n) is 28.1. The van der Waals surface area contributed by atoms with Crippen LogP contribution in [-0.2, 0) is 28.6 Å². The molecule has 0 heterocycles. The van der Waals surface area contributed by atoms with Gasteiger partial charge in [0, 0.05) is 19.3 Å². The summed E-state index contributed by atoms with van der Waals surface area (Å²) in [5, 5.41) is 0. The van der Waals surface area contributed by atoms with Gasteiger partial charge in [0.1, 0.15) is 13.2 Å². The molecule has 0 spiro atoms. The summed E-state index contributed by atoms with van der Waals surface area (Å²) in [4.78, 5) is 38.0. The molecular weight excluding hydrogens is 805 g/mol. The molecule has 0 aliphatic carbocycles. The van der Waals surface area contributed by atoms with Crippen LogP contribution >= 0.6 is 0 Å². The number of carbonyl (C=O) groups excluding carboxylic acids is 3. The van der Waals surface area contributed by atoms with E-state index in [9.17, 15) is 14.4 Å². The number of allylic oxidation sites excluding steroid dienone is 8. The van der Waals surface area contributed by atoms with E-state index in [-0.39, 0.29) is 31.1 Å². The van der Waals surface area contributed by atoms with E-state index < -0.39 is 6.10 Å². The van der Waals surface area contributed by atoms with Gasteiger partial charge in [0.25, 0.3) is 0 Å². The number of unbranched alkanes of at least 4 members (excludes halogenated alkanes) is 32. The lowest BCUT2D eigenvalue weighted by atomic mass is 10.0. The van der Waals surface area contributed by atoms with Crippen LogP contribution in [0.25, 0.3) is 0 Å². The Labute approximate surface area is 403 Å². The van der Waals surface area contributed by atoms with Gasteiger partial charge in [0.2, 0.25) is 0 Å². The molecule has 0 aromatic rings. The van der Waals surface area contributed by atoms with Gasteiger partial charge in [0.15, 0.2) is 6.10 Å². The van der Waals surface area contributed by atoms with Crippen molar-refractivity contribution in [2.45, 2.75) is 297 Å². The second kappa shape index (κ2) is 54.0. The van der Waals surface area contributed by atoms with Gasteiger partial charge in [-0.1, -0.05) is 249 Å². The maximum absolute atomic E-state index is 12.8. The lowest BCUT2D eigenvalue weighted by molar-refractivity contribution is -0.167. The number of hydrogen-bond donors (Lipinski definition) is 0. The molecule has 6 heteroatoms. The van der Waals surface area contributed by atoms with Gasteiger partial charge >= 0.3 is 17.9 Å². The molecule has 65 heavy (non-hydrogen) atoms. The van der Waals surface area contributed by atoms with Crippen LogP contribution < -0.4 is 0 Å². The van der Waals surface area contributed by atoms with E-state index >= 15 is 0 Å². The fourth-order valence-electron chi connectivity index (χ4n) is 8.11. The van der Waals surface area contributed by atoms with Crippen molar-refractivity contribution < 1.29 is 28.6 Å². The van der Waals surface area contributed by atoms with Crippen molar-refractivity contribution in [1.29, 1.82) is 0 Å². The molecule has 6 nitrogen and oxygen atoms in total. The van der Waals surface area contributed by atoms with Crippen LogP contribution in [0.1, 0.15) is 290 Å². The minimum Gasteiger partial charge on any atom is -0.462 e. The smallest absolute Gasteiger partial charge is 0.306 e. The highest BCUT2D eigenvalue weighted by Gasteiger charge is 2.19. The van der Waals surface area contributed by atoms with Crippen molar-refractivity contribution in [3.63, 3.8) is 0 Å². The Balaban J connectivity index is 4.26. The minimum absolute atomic E-state index is 0.0817. The Bertz CT molecular complexity index is 1140. The van der Waals surface area contributed by atoms with Crippen LogP contribution in [0, 0.1) is 0 Å². The largest absolute Gasteiger partial charge is 0.462 e. The first-order valence-corrected chi connectivity index (χ1v) is 28.1. The Morgan fingerprint density at radius 2 is 0.615 bits per heavy atom. The van der Waals surface area contributed by atoms with Crippen molar-refractivity contribution in [3.8, 4) is 0 Å². The van der Waals surface area contributed by atoms with Crippen LogP contribution in [0.4, 0.5) is 0 Å². The third-order valence-corrected chi connectivity index (χ3v) is 12.3. The first-order chi connectivity index (χ1) is 32.0. The van der Waals surface area contributed by atoms with Gasteiger partial charge in [-0.25, -0.2) is 0 Å². The molecule has 1 atom stereocenters. The highest BCUT2D eigenvalue weighted by molar-refractivity contribution is 5.71. The highest BCUT2D eigenvalue weighted by atomic mass is 16.6.